The average Bonchev–Trinajstić information content (AvgIpc) is 2.97. The Bertz CT molecular complexity index is 356. The smallest absolute Gasteiger partial charge is 0.108 e. The maximum atomic E-state index is 9.57. The van der Waals surface area contributed by atoms with E-state index in [4.69, 9.17) is 0 Å². The summed E-state index contributed by atoms with van der Waals surface area (Å²) in [5.74, 6) is 0. The zero-order chi connectivity index (χ0) is 15.3. The van der Waals surface area contributed by atoms with Crippen molar-refractivity contribution in [2.75, 3.05) is 32.7 Å². The molecule has 1 N–H and O–H groups in total. The van der Waals surface area contributed by atoms with Crippen LogP contribution in [0, 0.1) is 11.3 Å². The van der Waals surface area contributed by atoms with Crippen LogP contribution in [0.5, 0.6) is 0 Å². The first-order chi connectivity index (χ1) is 10.1. The minimum absolute atomic E-state index is 0.255. The number of piperazine rings is 1. The van der Waals surface area contributed by atoms with Gasteiger partial charge in [0.2, 0.25) is 0 Å². The quantitative estimate of drug-likeness (QED) is 0.815. The zero-order valence-electron chi connectivity index (χ0n) is 14.1. The fraction of sp³-hybridized carbons (Fsp3) is 0.941. The molecule has 2 aliphatic rings. The van der Waals surface area contributed by atoms with Crippen LogP contribution in [0.4, 0.5) is 0 Å². The molecule has 0 amide bonds. The number of rotatable bonds is 6. The minimum atomic E-state index is -0.255. The molecule has 1 saturated heterocycles. The molecule has 2 rings (SSSR count). The molecule has 0 aromatic heterocycles. The number of hydrogen-bond donors (Lipinski definition) is 1. The second kappa shape index (κ2) is 7.58. The highest BCUT2D eigenvalue weighted by Crippen LogP contribution is 2.33. The highest BCUT2D eigenvalue weighted by Gasteiger charge is 2.41. The normalized spacial score (nSPS) is 33.0. The Morgan fingerprint density at radius 3 is 2.57 bits per heavy atom. The predicted octanol–water partition coefficient (Wildman–Crippen LogP) is 2.22. The highest BCUT2D eigenvalue weighted by molar-refractivity contribution is 5.13. The molecule has 1 aliphatic carbocycles. The molecule has 1 saturated carbocycles. The summed E-state index contributed by atoms with van der Waals surface area (Å²) in [5.41, 5.74) is -0.255. The SMILES string of the molecule is CCCNC1(C#N)CCC(N2CCN(C(C)CC)CC2)C1. The summed E-state index contributed by atoms with van der Waals surface area (Å²) in [5, 5.41) is 13.1. The Morgan fingerprint density at radius 2 is 2.00 bits per heavy atom. The van der Waals surface area contributed by atoms with Gasteiger partial charge in [0.25, 0.3) is 0 Å². The molecule has 3 unspecified atom stereocenters. The fourth-order valence-corrected chi connectivity index (χ4v) is 3.80. The van der Waals surface area contributed by atoms with Crippen LogP contribution in [-0.2, 0) is 0 Å². The van der Waals surface area contributed by atoms with Crippen molar-refractivity contribution < 1.29 is 0 Å². The molecule has 21 heavy (non-hydrogen) atoms. The van der Waals surface area contributed by atoms with E-state index < -0.39 is 0 Å². The van der Waals surface area contributed by atoms with E-state index in [0.29, 0.717) is 12.1 Å². The lowest BCUT2D eigenvalue weighted by Crippen LogP contribution is -2.53. The topological polar surface area (TPSA) is 42.3 Å². The Labute approximate surface area is 130 Å². The largest absolute Gasteiger partial charge is 0.299 e. The molecule has 3 atom stereocenters. The number of nitriles is 1. The molecule has 1 aliphatic heterocycles. The Kier molecular flexibility index (Phi) is 6.04. The second-order valence-corrected chi connectivity index (χ2v) is 6.85. The Balaban J connectivity index is 1.84. The van der Waals surface area contributed by atoms with E-state index in [1.54, 1.807) is 0 Å². The fourth-order valence-electron chi connectivity index (χ4n) is 3.80. The van der Waals surface area contributed by atoms with Crippen LogP contribution in [-0.4, -0.2) is 60.1 Å². The standard InChI is InChI=1S/C17H32N4/c1-4-8-19-17(14-18)7-6-16(13-17)21-11-9-20(10-12-21)15(3)5-2/h15-16,19H,4-13H2,1-3H3. The van der Waals surface area contributed by atoms with Gasteiger partial charge in [-0.2, -0.15) is 5.26 Å². The van der Waals surface area contributed by atoms with Crippen molar-refractivity contribution in [3.63, 3.8) is 0 Å². The summed E-state index contributed by atoms with van der Waals surface area (Å²) < 4.78 is 0. The predicted molar refractivity (Wildman–Crippen MR) is 87.2 cm³/mol. The highest BCUT2D eigenvalue weighted by atomic mass is 15.3. The monoisotopic (exact) mass is 292 g/mol. The summed E-state index contributed by atoms with van der Waals surface area (Å²) in [6, 6.07) is 3.88. The Hall–Kier alpha value is -0.630. The molecule has 0 spiro atoms. The van der Waals surface area contributed by atoms with Gasteiger partial charge in [0.15, 0.2) is 0 Å². The maximum Gasteiger partial charge on any atom is 0.108 e. The van der Waals surface area contributed by atoms with Gasteiger partial charge in [0.05, 0.1) is 6.07 Å². The van der Waals surface area contributed by atoms with E-state index in [1.165, 1.54) is 39.0 Å². The molecular weight excluding hydrogens is 260 g/mol. The van der Waals surface area contributed by atoms with Crippen molar-refractivity contribution in [1.29, 1.82) is 5.26 Å². The van der Waals surface area contributed by atoms with E-state index in [9.17, 15) is 5.26 Å². The third kappa shape index (κ3) is 3.97. The lowest BCUT2D eigenvalue weighted by Gasteiger charge is -2.40. The van der Waals surface area contributed by atoms with Crippen molar-refractivity contribution in [1.82, 2.24) is 15.1 Å². The summed E-state index contributed by atoms with van der Waals surface area (Å²) in [7, 11) is 0. The van der Waals surface area contributed by atoms with Gasteiger partial charge in [-0.05, 0) is 45.6 Å². The summed E-state index contributed by atoms with van der Waals surface area (Å²) in [6.07, 6.45) is 5.53. The first kappa shape index (κ1) is 16.7. The molecule has 0 aromatic rings. The molecule has 2 fully saturated rings. The van der Waals surface area contributed by atoms with Gasteiger partial charge in [0.1, 0.15) is 5.54 Å². The van der Waals surface area contributed by atoms with Crippen molar-refractivity contribution in [3.8, 4) is 6.07 Å². The Morgan fingerprint density at radius 1 is 1.29 bits per heavy atom. The van der Waals surface area contributed by atoms with Gasteiger partial charge in [0, 0.05) is 38.3 Å². The van der Waals surface area contributed by atoms with Gasteiger partial charge in [-0.15, -0.1) is 0 Å². The van der Waals surface area contributed by atoms with Crippen LogP contribution in [0.1, 0.15) is 52.9 Å². The summed E-state index contributed by atoms with van der Waals surface area (Å²) in [6.45, 7) is 12.4. The van der Waals surface area contributed by atoms with Crippen LogP contribution in [0.3, 0.4) is 0 Å². The van der Waals surface area contributed by atoms with Crippen molar-refractivity contribution in [2.24, 2.45) is 0 Å². The van der Waals surface area contributed by atoms with E-state index in [0.717, 1.165) is 25.8 Å². The lowest BCUT2D eigenvalue weighted by atomic mass is 9.99. The molecule has 0 radical (unpaired) electrons. The van der Waals surface area contributed by atoms with Crippen LogP contribution in [0.15, 0.2) is 0 Å². The maximum absolute atomic E-state index is 9.57. The van der Waals surface area contributed by atoms with E-state index in [2.05, 4.69) is 42.0 Å². The molecule has 0 bridgehead atoms. The first-order valence-electron chi connectivity index (χ1n) is 8.78. The van der Waals surface area contributed by atoms with E-state index in [-0.39, 0.29) is 5.54 Å². The average molecular weight is 292 g/mol. The number of nitrogens with one attached hydrogen (secondary N) is 1. The summed E-state index contributed by atoms with van der Waals surface area (Å²) >= 11 is 0. The van der Waals surface area contributed by atoms with Crippen molar-refractivity contribution in [3.05, 3.63) is 0 Å². The molecule has 4 nitrogen and oxygen atoms in total. The van der Waals surface area contributed by atoms with Gasteiger partial charge in [-0.25, -0.2) is 0 Å². The van der Waals surface area contributed by atoms with Crippen LogP contribution < -0.4 is 5.32 Å². The lowest BCUT2D eigenvalue weighted by molar-refractivity contribution is 0.0724. The molecule has 0 aromatic carbocycles. The third-order valence-electron chi connectivity index (χ3n) is 5.50. The zero-order valence-corrected chi connectivity index (χ0v) is 14.1. The van der Waals surface area contributed by atoms with Crippen molar-refractivity contribution in [2.45, 2.75) is 70.5 Å². The summed E-state index contributed by atoms with van der Waals surface area (Å²) in [4.78, 5) is 5.24. The van der Waals surface area contributed by atoms with Gasteiger partial charge < -0.3 is 0 Å². The molecular formula is C17H32N4. The van der Waals surface area contributed by atoms with E-state index >= 15 is 0 Å². The van der Waals surface area contributed by atoms with Gasteiger partial charge >= 0.3 is 0 Å². The third-order valence-corrected chi connectivity index (χ3v) is 5.50. The molecule has 4 heteroatoms. The number of nitrogens with zero attached hydrogens (tertiary/aromatic N) is 3. The van der Waals surface area contributed by atoms with Crippen LogP contribution in [0.2, 0.25) is 0 Å². The first-order valence-corrected chi connectivity index (χ1v) is 8.78. The van der Waals surface area contributed by atoms with Crippen molar-refractivity contribution >= 4 is 0 Å². The van der Waals surface area contributed by atoms with Crippen LogP contribution in [0.25, 0.3) is 0 Å². The number of hydrogen-bond acceptors (Lipinski definition) is 4. The van der Waals surface area contributed by atoms with Gasteiger partial charge in [-0.3, -0.25) is 15.1 Å². The van der Waals surface area contributed by atoms with E-state index in [1.807, 2.05) is 0 Å². The van der Waals surface area contributed by atoms with Crippen LogP contribution >= 0.6 is 0 Å². The van der Waals surface area contributed by atoms with Gasteiger partial charge in [-0.1, -0.05) is 13.8 Å². The minimum Gasteiger partial charge on any atom is -0.299 e. The molecule has 120 valence electrons. The molecule has 1 heterocycles. The second-order valence-electron chi connectivity index (χ2n) is 6.85.